The first-order chi connectivity index (χ1) is 10.1. The number of amides is 1. The van der Waals surface area contributed by atoms with Gasteiger partial charge in [-0.3, -0.25) is 10.1 Å². The molecule has 3 aromatic rings. The van der Waals surface area contributed by atoms with Gasteiger partial charge in [0, 0.05) is 12.6 Å². The molecule has 0 aliphatic heterocycles. The molecule has 0 saturated heterocycles. The molecule has 7 heteroatoms. The SMILES string of the molecule is CC(C)CC(=O)Nc1nc2nccc(-c3cccs3)n2n1. The molecule has 0 atom stereocenters. The van der Waals surface area contributed by atoms with E-state index in [1.807, 2.05) is 37.4 Å². The standard InChI is InChI=1S/C14H15N5OS/c1-9(2)8-12(20)16-13-17-14-15-6-5-10(19(14)18-13)11-4-3-7-21-11/h3-7,9H,8H2,1-2H3,(H,16,18,20). The van der Waals surface area contributed by atoms with Gasteiger partial charge in [0.2, 0.25) is 5.91 Å². The van der Waals surface area contributed by atoms with Crippen molar-refractivity contribution in [1.82, 2.24) is 19.6 Å². The minimum Gasteiger partial charge on any atom is -0.293 e. The Labute approximate surface area is 125 Å². The minimum atomic E-state index is -0.0846. The van der Waals surface area contributed by atoms with Crippen LogP contribution >= 0.6 is 11.3 Å². The third-order valence-corrected chi connectivity index (χ3v) is 3.75. The summed E-state index contributed by atoms with van der Waals surface area (Å²) in [5.41, 5.74) is 0.909. The van der Waals surface area contributed by atoms with Gasteiger partial charge in [0.25, 0.3) is 11.7 Å². The van der Waals surface area contributed by atoms with Gasteiger partial charge in [-0.2, -0.15) is 9.50 Å². The lowest BCUT2D eigenvalue weighted by atomic mass is 10.1. The van der Waals surface area contributed by atoms with Crippen LogP contribution in [0.15, 0.2) is 29.8 Å². The summed E-state index contributed by atoms with van der Waals surface area (Å²) < 4.78 is 1.65. The summed E-state index contributed by atoms with van der Waals surface area (Å²) in [5.74, 6) is 0.971. The largest absolute Gasteiger partial charge is 0.293 e. The molecule has 108 valence electrons. The molecule has 1 amide bonds. The summed E-state index contributed by atoms with van der Waals surface area (Å²) in [6.07, 6.45) is 2.14. The maximum atomic E-state index is 11.8. The van der Waals surface area contributed by atoms with E-state index in [0.717, 1.165) is 10.6 Å². The van der Waals surface area contributed by atoms with Gasteiger partial charge < -0.3 is 0 Å². The van der Waals surface area contributed by atoms with E-state index in [-0.39, 0.29) is 11.9 Å². The van der Waals surface area contributed by atoms with Crippen LogP contribution in [-0.2, 0) is 4.79 Å². The topological polar surface area (TPSA) is 72.2 Å². The van der Waals surface area contributed by atoms with Gasteiger partial charge in [-0.05, 0) is 23.4 Å². The minimum absolute atomic E-state index is 0.0846. The molecule has 0 unspecified atom stereocenters. The number of hydrogen-bond donors (Lipinski definition) is 1. The fourth-order valence-electron chi connectivity index (χ4n) is 2.00. The van der Waals surface area contributed by atoms with E-state index in [9.17, 15) is 4.79 Å². The van der Waals surface area contributed by atoms with Crippen LogP contribution in [0.2, 0.25) is 0 Å². The van der Waals surface area contributed by atoms with Crippen molar-refractivity contribution < 1.29 is 4.79 Å². The van der Waals surface area contributed by atoms with Crippen molar-refractivity contribution >= 4 is 29.0 Å². The van der Waals surface area contributed by atoms with Crippen LogP contribution in [0.1, 0.15) is 20.3 Å². The molecule has 1 N–H and O–H groups in total. The number of carbonyl (C=O) groups is 1. The van der Waals surface area contributed by atoms with E-state index in [1.165, 1.54) is 0 Å². The summed E-state index contributed by atoms with van der Waals surface area (Å²) in [6.45, 7) is 3.99. The molecule has 3 rings (SSSR count). The van der Waals surface area contributed by atoms with Gasteiger partial charge in [0.05, 0.1) is 10.6 Å². The van der Waals surface area contributed by atoms with Crippen LogP contribution in [0.25, 0.3) is 16.3 Å². The molecule has 21 heavy (non-hydrogen) atoms. The predicted octanol–water partition coefficient (Wildman–Crippen LogP) is 2.84. The highest BCUT2D eigenvalue weighted by molar-refractivity contribution is 7.13. The van der Waals surface area contributed by atoms with Crippen LogP contribution in [0, 0.1) is 5.92 Å². The average Bonchev–Trinajstić information content (AvgIpc) is 3.05. The Balaban J connectivity index is 1.93. The number of rotatable bonds is 4. The second-order valence-corrected chi connectivity index (χ2v) is 6.05. The fourth-order valence-corrected chi connectivity index (χ4v) is 2.74. The maximum absolute atomic E-state index is 11.8. The number of nitrogens with one attached hydrogen (secondary N) is 1. The molecule has 0 fully saturated rings. The van der Waals surface area contributed by atoms with Gasteiger partial charge in [0.15, 0.2) is 0 Å². The number of aromatic nitrogens is 4. The van der Waals surface area contributed by atoms with Crippen molar-refractivity contribution in [3.05, 3.63) is 29.8 Å². The van der Waals surface area contributed by atoms with E-state index in [0.29, 0.717) is 18.1 Å². The highest BCUT2D eigenvalue weighted by atomic mass is 32.1. The fraction of sp³-hybridized carbons (Fsp3) is 0.286. The Morgan fingerprint density at radius 1 is 1.43 bits per heavy atom. The third-order valence-electron chi connectivity index (χ3n) is 2.86. The Kier molecular flexibility index (Phi) is 3.66. The van der Waals surface area contributed by atoms with E-state index in [1.54, 1.807) is 22.0 Å². The molecule has 3 aromatic heterocycles. The van der Waals surface area contributed by atoms with Gasteiger partial charge in [-0.1, -0.05) is 19.9 Å². The van der Waals surface area contributed by atoms with Gasteiger partial charge in [-0.25, -0.2) is 4.98 Å². The Hall–Kier alpha value is -2.28. The first-order valence-corrected chi connectivity index (χ1v) is 7.57. The molecule has 0 aromatic carbocycles. The predicted molar refractivity (Wildman–Crippen MR) is 82.2 cm³/mol. The van der Waals surface area contributed by atoms with E-state index >= 15 is 0 Å². The molecule has 0 aliphatic rings. The number of fused-ring (bicyclic) bond motifs is 1. The lowest BCUT2D eigenvalue weighted by molar-refractivity contribution is -0.116. The lowest BCUT2D eigenvalue weighted by Crippen LogP contribution is -2.14. The van der Waals surface area contributed by atoms with Crippen molar-refractivity contribution in [2.24, 2.45) is 5.92 Å². The molecule has 0 radical (unpaired) electrons. The zero-order valence-electron chi connectivity index (χ0n) is 11.8. The number of carbonyl (C=O) groups excluding carboxylic acids is 1. The number of hydrogen-bond acceptors (Lipinski definition) is 5. The average molecular weight is 301 g/mol. The number of nitrogens with zero attached hydrogens (tertiary/aromatic N) is 4. The molecule has 0 spiro atoms. The molecular weight excluding hydrogens is 286 g/mol. The summed E-state index contributed by atoms with van der Waals surface area (Å²) in [4.78, 5) is 21.3. The van der Waals surface area contributed by atoms with Crippen molar-refractivity contribution in [1.29, 1.82) is 0 Å². The molecular formula is C14H15N5OS. The Morgan fingerprint density at radius 3 is 3.00 bits per heavy atom. The summed E-state index contributed by atoms with van der Waals surface area (Å²) in [5, 5.41) is 9.05. The van der Waals surface area contributed by atoms with E-state index in [4.69, 9.17) is 0 Å². The first-order valence-electron chi connectivity index (χ1n) is 6.69. The molecule has 0 aliphatic carbocycles. The van der Waals surface area contributed by atoms with Gasteiger partial charge >= 0.3 is 0 Å². The van der Waals surface area contributed by atoms with Crippen LogP contribution in [0.3, 0.4) is 0 Å². The zero-order chi connectivity index (χ0) is 14.8. The summed E-state index contributed by atoms with van der Waals surface area (Å²) >= 11 is 1.62. The summed E-state index contributed by atoms with van der Waals surface area (Å²) in [6, 6.07) is 5.87. The van der Waals surface area contributed by atoms with Crippen LogP contribution in [0.4, 0.5) is 5.95 Å². The second kappa shape index (κ2) is 5.61. The van der Waals surface area contributed by atoms with Crippen LogP contribution in [-0.4, -0.2) is 25.5 Å². The van der Waals surface area contributed by atoms with E-state index < -0.39 is 0 Å². The molecule has 0 saturated carbocycles. The summed E-state index contributed by atoms with van der Waals surface area (Å²) in [7, 11) is 0. The number of thiophene rings is 1. The monoisotopic (exact) mass is 301 g/mol. The lowest BCUT2D eigenvalue weighted by Gasteiger charge is -2.02. The first kappa shape index (κ1) is 13.7. The quantitative estimate of drug-likeness (QED) is 0.804. The van der Waals surface area contributed by atoms with Crippen molar-refractivity contribution in [2.45, 2.75) is 20.3 Å². The van der Waals surface area contributed by atoms with Crippen LogP contribution in [0.5, 0.6) is 0 Å². The Morgan fingerprint density at radius 2 is 2.29 bits per heavy atom. The van der Waals surface area contributed by atoms with Crippen molar-refractivity contribution in [3.63, 3.8) is 0 Å². The molecule has 3 heterocycles. The van der Waals surface area contributed by atoms with Crippen molar-refractivity contribution in [2.75, 3.05) is 5.32 Å². The Bertz CT molecular complexity index is 763. The third kappa shape index (κ3) is 2.92. The number of anilines is 1. The van der Waals surface area contributed by atoms with Crippen molar-refractivity contribution in [3.8, 4) is 10.6 Å². The molecule has 0 bridgehead atoms. The van der Waals surface area contributed by atoms with Gasteiger partial charge in [0.1, 0.15) is 0 Å². The highest BCUT2D eigenvalue weighted by Gasteiger charge is 2.13. The van der Waals surface area contributed by atoms with Gasteiger partial charge in [-0.15, -0.1) is 16.4 Å². The zero-order valence-corrected chi connectivity index (χ0v) is 12.6. The normalized spacial score (nSPS) is 11.2. The molecule has 6 nitrogen and oxygen atoms in total. The second-order valence-electron chi connectivity index (χ2n) is 5.10. The highest BCUT2D eigenvalue weighted by Crippen LogP contribution is 2.24. The van der Waals surface area contributed by atoms with Crippen LogP contribution < -0.4 is 5.32 Å². The maximum Gasteiger partial charge on any atom is 0.254 e. The smallest absolute Gasteiger partial charge is 0.254 e. The van der Waals surface area contributed by atoms with E-state index in [2.05, 4.69) is 20.4 Å².